The van der Waals surface area contributed by atoms with Crippen LogP contribution in [0.25, 0.3) is 5.65 Å². The number of imidazole rings is 2. The number of nitrogens with zero attached hydrogens (tertiary/aromatic N) is 6. The number of aromatic nitrogens is 5. The first-order chi connectivity index (χ1) is 16.6. The number of carbonyl (C=O) groups is 3. The van der Waals surface area contributed by atoms with Gasteiger partial charge in [-0.2, -0.15) is 0 Å². The van der Waals surface area contributed by atoms with Gasteiger partial charge in [0.1, 0.15) is 11.4 Å². The lowest BCUT2D eigenvalue weighted by Crippen LogP contribution is -2.41. The zero-order valence-corrected chi connectivity index (χ0v) is 20.6. The average molecular weight is 487 g/mol. The van der Waals surface area contributed by atoms with Crippen LogP contribution in [0.5, 0.6) is 0 Å². The molecule has 0 fully saturated rings. The quantitative estimate of drug-likeness (QED) is 0.403. The number of hydrogen-bond donors (Lipinski definition) is 0. The second-order valence-corrected chi connectivity index (χ2v) is 8.55. The van der Waals surface area contributed by atoms with E-state index in [-0.39, 0.29) is 11.8 Å². The summed E-state index contributed by atoms with van der Waals surface area (Å²) in [6, 6.07) is 0. The molecule has 1 aliphatic rings. The third-order valence-electron chi connectivity index (χ3n) is 4.69. The van der Waals surface area contributed by atoms with Gasteiger partial charge in [0.25, 0.3) is 0 Å². The van der Waals surface area contributed by atoms with E-state index in [2.05, 4.69) is 15.0 Å². The Bertz CT molecular complexity index is 1160. The van der Waals surface area contributed by atoms with Crippen molar-refractivity contribution >= 4 is 23.7 Å². The molecule has 12 heteroatoms. The predicted octanol–water partition coefficient (Wildman–Crippen LogP) is 2.72. The van der Waals surface area contributed by atoms with Gasteiger partial charge in [-0.3, -0.25) is 9.88 Å². The van der Waals surface area contributed by atoms with E-state index in [1.54, 1.807) is 54.1 Å². The van der Waals surface area contributed by atoms with E-state index >= 15 is 0 Å². The van der Waals surface area contributed by atoms with Crippen molar-refractivity contribution in [1.82, 2.24) is 28.8 Å². The maximum Gasteiger partial charge on any atom is 0.410 e. The van der Waals surface area contributed by atoms with Crippen LogP contribution in [0.3, 0.4) is 0 Å². The number of carbonyl (C=O) groups excluding carboxylic acids is 3. The Hall–Kier alpha value is -3.96. The second kappa shape index (κ2) is 11.0. The highest BCUT2D eigenvalue weighted by molar-refractivity contribution is 5.88. The van der Waals surface area contributed by atoms with Crippen LogP contribution in [0, 0.1) is 0 Å². The number of hydrogen-bond acceptors (Lipinski definition) is 9. The summed E-state index contributed by atoms with van der Waals surface area (Å²) in [7, 11) is 0. The van der Waals surface area contributed by atoms with Gasteiger partial charge in [0.05, 0.1) is 26.0 Å². The number of rotatable bonds is 4. The van der Waals surface area contributed by atoms with Gasteiger partial charge < -0.3 is 23.2 Å². The van der Waals surface area contributed by atoms with Crippen LogP contribution in [-0.2, 0) is 27.3 Å². The molecule has 188 valence electrons. The largest absolute Gasteiger partial charge is 0.461 e. The van der Waals surface area contributed by atoms with Crippen molar-refractivity contribution in [2.24, 2.45) is 0 Å². The highest BCUT2D eigenvalue weighted by Gasteiger charge is 2.27. The van der Waals surface area contributed by atoms with Gasteiger partial charge in [-0.25, -0.2) is 24.4 Å². The van der Waals surface area contributed by atoms with E-state index < -0.39 is 17.5 Å². The summed E-state index contributed by atoms with van der Waals surface area (Å²) in [5, 5.41) is 0. The fourth-order valence-electron chi connectivity index (χ4n) is 3.18. The number of ether oxygens (including phenoxy) is 3. The van der Waals surface area contributed by atoms with Crippen molar-refractivity contribution in [3.05, 3.63) is 48.2 Å². The Kier molecular flexibility index (Phi) is 8.05. The molecule has 0 spiro atoms. The van der Waals surface area contributed by atoms with Crippen molar-refractivity contribution in [3.8, 4) is 0 Å². The maximum absolute atomic E-state index is 12.0. The Balaban J connectivity index is 0.000000211. The summed E-state index contributed by atoms with van der Waals surface area (Å²) in [6.07, 6.45) is 7.86. The molecule has 0 N–H and O–H groups in total. The van der Waals surface area contributed by atoms with E-state index in [4.69, 9.17) is 14.2 Å². The fourth-order valence-corrected chi connectivity index (χ4v) is 3.18. The van der Waals surface area contributed by atoms with E-state index in [1.807, 2.05) is 25.3 Å². The highest BCUT2D eigenvalue weighted by atomic mass is 16.6. The van der Waals surface area contributed by atoms with Crippen molar-refractivity contribution < 1.29 is 28.6 Å². The predicted molar refractivity (Wildman–Crippen MR) is 124 cm³/mol. The Morgan fingerprint density at radius 2 is 1.63 bits per heavy atom. The monoisotopic (exact) mass is 486 g/mol. The molecule has 35 heavy (non-hydrogen) atoms. The molecule has 12 nitrogen and oxygen atoms in total. The molecule has 4 heterocycles. The number of amides is 1. The molecular formula is C23H30N6O6. The molecule has 0 aliphatic carbocycles. The minimum Gasteiger partial charge on any atom is -0.461 e. The van der Waals surface area contributed by atoms with Crippen LogP contribution in [0.15, 0.2) is 31.0 Å². The standard InChI is InChI=1S/C14H21N3O4.C9H9N3O2/c1-5-20-12(18)10-8-16-6-7-17(9-11(16)15-10)13(19)21-14(2,3)4;1-2-14-9(13)7-6-12-4-3-10-5-8(12)11-7/h8H,5-7,9H2,1-4H3;3-6H,2H2,1H3. The molecule has 0 atom stereocenters. The topological polar surface area (TPSA) is 130 Å². The van der Waals surface area contributed by atoms with Gasteiger partial charge in [-0.15, -0.1) is 0 Å². The molecule has 0 bridgehead atoms. The van der Waals surface area contributed by atoms with Gasteiger partial charge in [0.2, 0.25) is 0 Å². The normalized spacial score (nSPS) is 12.9. The van der Waals surface area contributed by atoms with Crippen LogP contribution in [0.2, 0.25) is 0 Å². The Morgan fingerprint density at radius 3 is 2.23 bits per heavy atom. The summed E-state index contributed by atoms with van der Waals surface area (Å²) in [5.41, 5.74) is 0.688. The smallest absolute Gasteiger partial charge is 0.410 e. The Labute approximate surface area is 202 Å². The van der Waals surface area contributed by atoms with Gasteiger partial charge in [0, 0.05) is 37.9 Å². The lowest BCUT2D eigenvalue weighted by Gasteiger charge is -2.30. The van der Waals surface area contributed by atoms with Crippen LogP contribution < -0.4 is 0 Å². The molecular weight excluding hydrogens is 456 g/mol. The fraction of sp³-hybridized carbons (Fsp3) is 0.478. The minimum atomic E-state index is -0.528. The van der Waals surface area contributed by atoms with Crippen LogP contribution >= 0.6 is 0 Å². The molecule has 1 amide bonds. The Morgan fingerprint density at radius 1 is 0.971 bits per heavy atom. The summed E-state index contributed by atoms with van der Waals surface area (Å²) in [5.74, 6) is -0.186. The molecule has 1 aliphatic heterocycles. The minimum absolute atomic E-state index is 0.276. The first-order valence-corrected chi connectivity index (χ1v) is 11.3. The van der Waals surface area contributed by atoms with Crippen LogP contribution in [0.4, 0.5) is 4.79 Å². The van der Waals surface area contributed by atoms with E-state index in [1.165, 1.54) is 0 Å². The zero-order chi connectivity index (χ0) is 25.6. The van der Waals surface area contributed by atoms with Crippen molar-refractivity contribution in [1.29, 1.82) is 0 Å². The second-order valence-electron chi connectivity index (χ2n) is 8.55. The molecule has 0 aromatic carbocycles. The third-order valence-corrected chi connectivity index (χ3v) is 4.69. The number of fused-ring (bicyclic) bond motifs is 2. The molecule has 4 rings (SSSR count). The zero-order valence-electron chi connectivity index (χ0n) is 20.6. The third kappa shape index (κ3) is 6.78. The van der Waals surface area contributed by atoms with Crippen LogP contribution in [-0.4, -0.2) is 72.2 Å². The molecule has 0 saturated heterocycles. The average Bonchev–Trinajstić information content (AvgIpc) is 3.42. The highest BCUT2D eigenvalue weighted by Crippen LogP contribution is 2.17. The molecule has 0 radical (unpaired) electrons. The summed E-state index contributed by atoms with van der Waals surface area (Å²) < 4.78 is 18.7. The van der Waals surface area contributed by atoms with E-state index in [0.717, 1.165) is 0 Å². The van der Waals surface area contributed by atoms with Crippen LogP contribution in [0.1, 0.15) is 61.4 Å². The molecule has 3 aromatic rings. The molecule has 0 unspecified atom stereocenters. The van der Waals surface area contributed by atoms with Crippen molar-refractivity contribution in [2.45, 2.75) is 53.3 Å². The van der Waals surface area contributed by atoms with Gasteiger partial charge in [-0.1, -0.05) is 0 Å². The van der Waals surface area contributed by atoms with E-state index in [9.17, 15) is 14.4 Å². The van der Waals surface area contributed by atoms with Gasteiger partial charge >= 0.3 is 18.0 Å². The summed E-state index contributed by atoms with van der Waals surface area (Å²) in [6.45, 7) is 11.1. The maximum atomic E-state index is 12.0. The first-order valence-electron chi connectivity index (χ1n) is 11.3. The molecule has 0 saturated carbocycles. The summed E-state index contributed by atoms with van der Waals surface area (Å²) in [4.78, 5) is 48.8. The van der Waals surface area contributed by atoms with Gasteiger partial charge in [0.15, 0.2) is 17.0 Å². The number of esters is 2. The summed E-state index contributed by atoms with van der Waals surface area (Å²) >= 11 is 0. The van der Waals surface area contributed by atoms with Gasteiger partial charge in [-0.05, 0) is 34.6 Å². The van der Waals surface area contributed by atoms with Crippen molar-refractivity contribution in [2.75, 3.05) is 19.8 Å². The van der Waals surface area contributed by atoms with E-state index in [0.29, 0.717) is 50.0 Å². The molecule has 3 aromatic heterocycles. The first kappa shape index (κ1) is 25.7. The lowest BCUT2D eigenvalue weighted by molar-refractivity contribution is 0.0195. The lowest BCUT2D eigenvalue weighted by atomic mass is 10.2. The SMILES string of the molecule is CCOC(=O)c1cn2c(n1)CN(C(=O)OC(C)(C)C)CC2.CCOC(=O)c1cn2ccncc2n1. The van der Waals surface area contributed by atoms with Crippen molar-refractivity contribution in [3.63, 3.8) is 0 Å².